The molecule has 0 spiro atoms. The van der Waals surface area contributed by atoms with Crippen molar-refractivity contribution in [1.82, 2.24) is 4.90 Å². The third-order valence-electron chi connectivity index (χ3n) is 3.49. The minimum Gasteiger partial charge on any atom is -0.482 e. The Hall–Kier alpha value is -1.26. The van der Waals surface area contributed by atoms with E-state index in [9.17, 15) is 4.79 Å². The van der Waals surface area contributed by atoms with Crippen LogP contribution in [0.2, 0.25) is 5.02 Å². The van der Waals surface area contributed by atoms with Crippen LogP contribution in [0.1, 0.15) is 31.2 Å². The maximum absolute atomic E-state index is 12.1. The number of halogens is 1. The Morgan fingerprint density at radius 3 is 2.55 bits per heavy atom. The van der Waals surface area contributed by atoms with Crippen molar-refractivity contribution in [3.8, 4) is 5.75 Å². The van der Waals surface area contributed by atoms with Crippen LogP contribution in [0.3, 0.4) is 0 Å². The summed E-state index contributed by atoms with van der Waals surface area (Å²) in [4.78, 5) is 13.9. The van der Waals surface area contributed by atoms with Crippen molar-refractivity contribution in [2.24, 2.45) is 0 Å². The number of rotatable bonds is 4. The van der Waals surface area contributed by atoms with Crippen LogP contribution in [-0.4, -0.2) is 35.6 Å². The Balaban J connectivity index is 1.89. The molecule has 0 atom stereocenters. The van der Waals surface area contributed by atoms with Crippen molar-refractivity contribution in [3.63, 3.8) is 0 Å². The number of aliphatic hydroxyl groups is 1. The summed E-state index contributed by atoms with van der Waals surface area (Å²) in [6.45, 7) is 1.59. The van der Waals surface area contributed by atoms with Gasteiger partial charge in [-0.05, 0) is 30.5 Å². The van der Waals surface area contributed by atoms with Gasteiger partial charge in [0.2, 0.25) is 0 Å². The van der Waals surface area contributed by atoms with E-state index in [1.165, 1.54) is 12.8 Å². The fourth-order valence-electron chi connectivity index (χ4n) is 2.31. The van der Waals surface area contributed by atoms with Crippen molar-refractivity contribution < 1.29 is 14.6 Å². The van der Waals surface area contributed by atoms with Gasteiger partial charge in [0.25, 0.3) is 5.91 Å². The van der Waals surface area contributed by atoms with E-state index in [1.807, 2.05) is 4.90 Å². The number of carbonyl (C=O) groups is 1. The van der Waals surface area contributed by atoms with Gasteiger partial charge in [-0.1, -0.05) is 30.5 Å². The monoisotopic (exact) mass is 297 g/mol. The van der Waals surface area contributed by atoms with Crippen LogP contribution in [0.5, 0.6) is 5.75 Å². The van der Waals surface area contributed by atoms with Crippen LogP contribution >= 0.6 is 11.6 Å². The van der Waals surface area contributed by atoms with E-state index in [2.05, 4.69) is 0 Å². The smallest absolute Gasteiger partial charge is 0.260 e. The average molecular weight is 298 g/mol. The van der Waals surface area contributed by atoms with Crippen LogP contribution in [0, 0.1) is 0 Å². The fourth-order valence-corrected chi connectivity index (χ4v) is 2.57. The van der Waals surface area contributed by atoms with E-state index in [1.54, 1.807) is 18.2 Å². The van der Waals surface area contributed by atoms with Crippen LogP contribution < -0.4 is 4.74 Å². The van der Waals surface area contributed by atoms with Gasteiger partial charge in [0.15, 0.2) is 6.61 Å². The summed E-state index contributed by atoms with van der Waals surface area (Å²) in [7, 11) is 0. The molecule has 1 aromatic carbocycles. The number of hydrogen-bond acceptors (Lipinski definition) is 3. The molecule has 1 fully saturated rings. The summed E-state index contributed by atoms with van der Waals surface area (Å²) < 4.78 is 5.49. The van der Waals surface area contributed by atoms with Gasteiger partial charge in [0, 0.05) is 13.1 Å². The lowest BCUT2D eigenvalue weighted by molar-refractivity contribution is -0.133. The molecule has 0 bridgehead atoms. The molecular formula is C15H20ClNO3. The van der Waals surface area contributed by atoms with Crippen LogP contribution in [0.4, 0.5) is 0 Å². The summed E-state index contributed by atoms with van der Waals surface area (Å²) in [5.41, 5.74) is 0.723. The molecule has 1 aliphatic heterocycles. The topological polar surface area (TPSA) is 49.8 Å². The molecule has 1 aromatic rings. The fraction of sp³-hybridized carbons (Fsp3) is 0.533. The van der Waals surface area contributed by atoms with Gasteiger partial charge in [-0.3, -0.25) is 4.79 Å². The van der Waals surface area contributed by atoms with Gasteiger partial charge in [-0.2, -0.15) is 0 Å². The van der Waals surface area contributed by atoms with E-state index in [-0.39, 0.29) is 19.1 Å². The second-order valence-corrected chi connectivity index (χ2v) is 5.41. The predicted molar refractivity (Wildman–Crippen MR) is 77.9 cm³/mol. The number of likely N-dealkylation sites (tertiary alicyclic amines) is 1. The van der Waals surface area contributed by atoms with E-state index >= 15 is 0 Å². The van der Waals surface area contributed by atoms with Crippen LogP contribution in [0.25, 0.3) is 0 Å². The molecule has 110 valence electrons. The Morgan fingerprint density at radius 2 is 1.95 bits per heavy atom. The highest BCUT2D eigenvalue weighted by molar-refractivity contribution is 6.32. The van der Waals surface area contributed by atoms with E-state index in [0.717, 1.165) is 31.5 Å². The maximum Gasteiger partial charge on any atom is 0.260 e. The molecular weight excluding hydrogens is 278 g/mol. The summed E-state index contributed by atoms with van der Waals surface area (Å²) in [6.07, 6.45) is 4.52. The van der Waals surface area contributed by atoms with Gasteiger partial charge < -0.3 is 14.7 Å². The molecule has 1 N–H and O–H groups in total. The number of nitrogens with zero attached hydrogens (tertiary/aromatic N) is 1. The highest BCUT2D eigenvalue weighted by atomic mass is 35.5. The average Bonchev–Trinajstić information content (AvgIpc) is 2.74. The maximum atomic E-state index is 12.1. The molecule has 0 radical (unpaired) electrons. The van der Waals surface area contributed by atoms with Gasteiger partial charge in [0.05, 0.1) is 11.6 Å². The first-order chi connectivity index (χ1) is 9.70. The van der Waals surface area contributed by atoms with E-state index in [0.29, 0.717) is 10.8 Å². The third-order valence-corrected chi connectivity index (χ3v) is 3.78. The Kier molecular flexibility index (Phi) is 5.68. The molecule has 4 nitrogen and oxygen atoms in total. The predicted octanol–water partition coefficient (Wildman–Crippen LogP) is 2.61. The number of ether oxygens (including phenoxy) is 1. The molecule has 1 amide bonds. The molecule has 0 saturated carbocycles. The highest BCUT2D eigenvalue weighted by Crippen LogP contribution is 2.25. The molecule has 1 aliphatic rings. The lowest BCUT2D eigenvalue weighted by atomic mass is 10.2. The summed E-state index contributed by atoms with van der Waals surface area (Å²) in [5, 5.41) is 9.42. The van der Waals surface area contributed by atoms with Crippen molar-refractivity contribution in [2.45, 2.75) is 32.3 Å². The normalized spacial score (nSPS) is 15.8. The molecule has 20 heavy (non-hydrogen) atoms. The lowest BCUT2D eigenvalue weighted by Gasteiger charge is -2.20. The minimum absolute atomic E-state index is 0.00852. The molecule has 2 rings (SSSR count). The van der Waals surface area contributed by atoms with Crippen molar-refractivity contribution in [1.29, 1.82) is 0 Å². The zero-order valence-corrected chi connectivity index (χ0v) is 12.2. The number of amides is 1. The SMILES string of the molecule is O=C(COc1ccc(CO)cc1Cl)N1CCCCCC1. The Labute approximate surface area is 124 Å². The van der Waals surface area contributed by atoms with Crippen molar-refractivity contribution in [3.05, 3.63) is 28.8 Å². The highest BCUT2D eigenvalue weighted by Gasteiger charge is 2.16. The zero-order valence-electron chi connectivity index (χ0n) is 11.5. The molecule has 0 aromatic heterocycles. The number of aliphatic hydroxyl groups excluding tert-OH is 1. The number of benzene rings is 1. The summed E-state index contributed by atoms with van der Waals surface area (Å²) in [6, 6.07) is 5.06. The third kappa shape index (κ3) is 4.12. The van der Waals surface area contributed by atoms with Gasteiger partial charge in [-0.25, -0.2) is 0 Å². The van der Waals surface area contributed by atoms with E-state index in [4.69, 9.17) is 21.4 Å². The Bertz CT molecular complexity index is 456. The van der Waals surface area contributed by atoms with Crippen molar-refractivity contribution >= 4 is 17.5 Å². The quantitative estimate of drug-likeness (QED) is 0.929. The first-order valence-electron chi connectivity index (χ1n) is 7.00. The van der Waals surface area contributed by atoms with Gasteiger partial charge in [0.1, 0.15) is 5.75 Å². The zero-order chi connectivity index (χ0) is 14.4. The molecule has 1 heterocycles. The van der Waals surface area contributed by atoms with Gasteiger partial charge in [-0.15, -0.1) is 0 Å². The summed E-state index contributed by atoms with van der Waals surface area (Å²) in [5.74, 6) is 0.487. The number of hydrogen-bond donors (Lipinski definition) is 1. The number of carbonyl (C=O) groups excluding carboxylic acids is 1. The van der Waals surface area contributed by atoms with Gasteiger partial charge >= 0.3 is 0 Å². The molecule has 1 saturated heterocycles. The van der Waals surface area contributed by atoms with Crippen LogP contribution in [0.15, 0.2) is 18.2 Å². The van der Waals surface area contributed by atoms with Crippen LogP contribution in [-0.2, 0) is 11.4 Å². The molecule has 5 heteroatoms. The molecule has 0 aliphatic carbocycles. The van der Waals surface area contributed by atoms with E-state index < -0.39 is 0 Å². The van der Waals surface area contributed by atoms with Crippen molar-refractivity contribution in [2.75, 3.05) is 19.7 Å². The first kappa shape index (κ1) is 15.1. The Morgan fingerprint density at radius 1 is 1.25 bits per heavy atom. The summed E-state index contributed by atoms with van der Waals surface area (Å²) >= 11 is 6.04. The standard InChI is InChI=1S/C15H20ClNO3/c16-13-9-12(10-18)5-6-14(13)20-11-15(19)17-7-3-1-2-4-8-17/h5-6,9,18H,1-4,7-8,10-11H2. The minimum atomic E-state index is -0.0628. The lowest BCUT2D eigenvalue weighted by Crippen LogP contribution is -2.35. The largest absolute Gasteiger partial charge is 0.482 e. The first-order valence-corrected chi connectivity index (χ1v) is 7.38. The second kappa shape index (κ2) is 7.50. The molecule has 0 unspecified atom stereocenters. The second-order valence-electron chi connectivity index (χ2n) is 5.01.